The van der Waals surface area contributed by atoms with Gasteiger partial charge in [0.15, 0.2) is 11.5 Å². The minimum atomic E-state index is -4.26. The van der Waals surface area contributed by atoms with E-state index in [4.69, 9.17) is 9.47 Å². The highest BCUT2D eigenvalue weighted by atomic mass is 19.4. The Balaban J connectivity index is 1.80. The first-order valence-electron chi connectivity index (χ1n) is 7.28. The summed E-state index contributed by atoms with van der Waals surface area (Å²) in [4.78, 5) is 15.0. The quantitative estimate of drug-likeness (QED) is 0.705. The third-order valence-corrected chi connectivity index (χ3v) is 3.23. The monoisotopic (exact) mass is 353 g/mol. The Labute approximate surface area is 140 Å². The summed E-state index contributed by atoms with van der Waals surface area (Å²) in [6.07, 6.45) is -3.86. The van der Waals surface area contributed by atoms with E-state index in [0.717, 1.165) is 0 Å². The number of halogens is 3. The number of aromatic nitrogens is 4. The zero-order valence-electron chi connectivity index (χ0n) is 13.1. The molecule has 7 nitrogen and oxygen atoms in total. The van der Waals surface area contributed by atoms with E-state index in [9.17, 15) is 13.2 Å². The average molecular weight is 353 g/mol. The zero-order valence-corrected chi connectivity index (χ0v) is 13.1. The summed E-state index contributed by atoms with van der Waals surface area (Å²) in [5.74, 6) is 1.28. The molecule has 0 spiro atoms. The number of alkyl halides is 3. The molecule has 0 bridgehead atoms. The van der Waals surface area contributed by atoms with Gasteiger partial charge in [-0.05, 0) is 24.3 Å². The summed E-state index contributed by atoms with van der Waals surface area (Å²) in [5, 5.41) is 2.62. The summed E-state index contributed by atoms with van der Waals surface area (Å²) >= 11 is 0. The van der Waals surface area contributed by atoms with Crippen LogP contribution < -0.4 is 14.8 Å². The summed E-state index contributed by atoms with van der Waals surface area (Å²) in [5.41, 5.74) is 0.692. The number of aromatic amines is 1. The van der Waals surface area contributed by atoms with Gasteiger partial charge < -0.3 is 19.8 Å². The van der Waals surface area contributed by atoms with Crippen LogP contribution in [0.25, 0.3) is 11.2 Å². The maximum Gasteiger partial charge on any atom is 0.390 e. The van der Waals surface area contributed by atoms with Gasteiger partial charge in [-0.1, -0.05) is 0 Å². The number of nitrogens with zero attached hydrogens (tertiary/aromatic N) is 3. The molecule has 1 aromatic carbocycles. The van der Waals surface area contributed by atoms with Gasteiger partial charge in [-0.2, -0.15) is 23.1 Å². The number of methoxy groups -OCH3 is 1. The summed E-state index contributed by atoms with van der Waals surface area (Å²) in [7, 11) is 1.55. The Hall–Kier alpha value is -3.04. The fourth-order valence-electron chi connectivity index (χ4n) is 2.06. The molecule has 0 saturated carbocycles. The van der Waals surface area contributed by atoms with Gasteiger partial charge in [-0.3, -0.25) is 0 Å². The van der Waals surface area contributed by atoms with Crippen molar-refractivity contribution in [1.82, 2.24) is 19.9 Å². The van der Waals surface area contributed by atoms with Gasteiger partial charge in [0.25, 0.3) is 0 Å². The number of ether oxygens (including phenoxy) is 2. The number of hydrogen-bond donors (Lipinski definition) is 2. The molecule has 0 aliphatic carbocycles. The lowest BCUT2D eigenvalue weighted by Crippen LogP contribution is -2.15. The van der Waals surface area contributed by atoms with Crippen LogP contribution in [0.3, 0.4) is 0 Å². The van der Waals surface area contributed by atoms with Crippen molar-refractivity contribution < 1.29 is 22.6 Å². The Morgan fingerprint density at radius 1 is 1.12 bits per heavy atom. The van der Waals surface area contributed by atoms with Crippen LogP contribution in [0.15, 0.2) is 30.6 Å². The second kappa shape index (κ2) is 6.83. The van der Waals surface area contributed by atoms with E-state index < -0.39 is 12.6 Å². The van der Waals surface area contributed by atoms with E-state index in [1.165, 1.54) is 6.33 Å². The maximum atomic E-state index is 12.3. The molecule has 132 valence electrons. The van der Waals surface area contributed by atoms with Crippen molar-refractivity contribution in [2.45, 2.75) is 12.6 Å². The lowest BCUT2D eigenvalue weighted by molar-refractivity contribution is -0.131. The van der Waals surface area contributed by atoms with Gasteiger partial charge >= 0.3 is 12.2 Å². The van der Waals surface area contributed by atoms with Crippen LogP contribution in [-0.2, 0) is 0 Å². The van der Waals surface area contributed by atoms with Crippen molar-refractivity contribution in [2.24, 2.45) is 0 Å². The molecule has 2 heterocycles. The third-order valence-electron chi connectivity index (χ3n) is 3.23. The van der Waals surface area contributed by atoms with Crippen LogP contribution in [0.5, 0.6) is 17.5 Å². The number of benzene rings is 1. The van der Waals surface area contributed by atoms with E-state index in [1.54, 1.807) is 31.4 Å². The molecule has 0 unspecified atom stereocenters. The summed E-state index contributed by atoms with van der Waals surface area (Å²) in [6.45, 7) is -0.329. The minimum absolute atomic E-state index is 0.0172. The highest BCUT2D eigenvalue weighted by Crippen LogP contribution is 2.26. The number of imidazole rings is 1. The van der Waals surface area contributed by atoms with E-state index >= 15 is 0 Å². The van der Waals surface area contributed by atoms with E-state index in [2.05, 4.69) is 25.3 Å². The zero-order chi connectivity index (χ0) is 17.9. The normalized spacial score (nSPS) is 11.5. The molecule has 2 N–H and O–H groups in total. The molecule has 3 rings (SSSR count). The second-order valence-electron chi connectivity index (χ2n) is 5.02. The Bertz CT molecular complexity index is 848. The van der Waals surface area contributed by atoms with Crippen molar-refractivity contribution in [1.29, 1.82) is 0 Å². The highest BCUT2D eigenvalue weighted by molar-refractivity contribution is 5.82. The first-order chi connectivity index (χ1) is 11.9. The fraction of sp³-hybridized carbons (Fsp3) is 0.267. The smallest absolute Gasteiger partial charge is 0.390 e. The van der Waals surface area contributed by atoms with Crippen LogP contribution in [0, 0.1) is 0 Å². The van der Waals surface area contributed by atoms with Crippen molar-refractivity contribution in [2.75, 3.05) is 19.0 Å². The molecule has 0 amide bonds. The van der Waals surface area contributed by atoms with Crippen LogP contribution in [0.4, 0.5) is 19.0 Å². The summed E-state index contributed by atoms with van der Waals surface area (Å²) < 4.78 is 47.5. The van der Waals surface area contributed by atoms with Crippen LogP contribution in [0.2, 0.25) is 0 Å². The molecular formula is C15H14F3N5O2. The van der Waals surface area contributed by atoms with Crippen molar-refractivity contribution in [3.8, 4) is 17.5 Å². The van der Waals surface area contributed by atoms with Crippen LogP contribution >= 0.6 is 0 Å². The predicted molar refractivity (Wildman–Crippen MR) is 83.9 cm³/mol. The number of fused-ring (bicyclic) bond motifs is 1. The van der Waals surface area contributed by atoms with Gasteiger partial charge in [0.05, 0.1) is 19.9 Å². The number of rotatable bonds is 6. The molecule has 10 heteroatoms. The fourth-order valence-corrected chi connectivity index (χ4v) is 2.06. The van der Waals surface area contributed by atoms with Gasteiger partial charge in [0.1, 0.15) is 17.0 Å². The Kier molecular flexibility index (Phi) is 4.59. The van der Waals surface area contributed by atoms with Gasteiger partial charge in [0.2, 0.25) is 0 Å². The average Bonchev–Trinajstić information content (AvgIpc) is 3.03. The molecule has 0 fully saturated rings. The summed E-state index contributed by atoms with van der Waals surface area (Å²) in [6, 6.07) is 6.71. The SMILES string of the molecule is COc1ccc(Oc2nc(NCCC(F)(F)F)c3nc[nH]c3n2)cc1. The van der Waals surface area contributed by atoms with Crippen LogP contribution in [0.1, 0.15) is 6.42 Å². The van der Waals surface area contributed by atoms with E-state index in [-0.39, 0.29) is 18.4 Å². The van der Waals surface area contributed by atoms with Crippen molar-refractivity contribution >= 4 is 17.0 Å². The largest absolute Gasteiger partial charge is 0.497 e. The van der Waals surface area contributed by atoms with E-state index in [1.807, 2.05) is 0 Å². The topological polar surface area (TPSA) is 85.0 Å². The minimum Gasteiger partial charge on any atom is -0.497 e. The molecular weight excluding hydrogens is 339 g/mol. The predicted octanol–water partition coefficient (Wildman–Crippen LogP) is 3.52. The van der Waals surface area contributed by atoms with Gasteiger partial charge in [-0.25, -0.2) is 4.98 Å². The standard InChI is InChI=1S/C15H14F3N5O2/c1-24-9-2-4-10(5-3-9)25-14-22-12(19-7-6-15(16,17)18)11-13(23-14)21-8-20-11/h2-5,8H,6-7H2,1H3,(H2,19,20,21,22,23). The number of H-pyrrole nitrogens is 1. The molecule has 0 atom stereocenters. The number of nitrogens with one attached hydrogen (secondary N) is 2. The first-order valence-corrected chi connectivity index (χ1v) is 7.28. The first kappa shape index (κ1) is 16.8. The lowest BCUT2D eigenvalue weighted by Gasteiger charge is -2.10. The van der Waals surface area contributed by atoms with E-state index in [0.29, 0.717) is 22.7 Å². The number of hydrogen-bond acceptors (Lipinski definition) is 6. The molecule has 25 heavy (non-hydrogen) atoms. The lowest BCUT2D eigenvalue weighted by atomic mass is 10.3. The Morgan fingerprint density at radius 3 is 2.52 bits per heavy atom. The molecule has 0 aliphatic rings. The van der Waals surface area contributed by atoms with Crippen molar-refractivity contribution in [3.63, 3.8) is 0 Å². The highest BCUT2D eigenvalue weighted by Gasteiger charge is 2.26. The third kappa shape index (κ3) is 4.28. The second-order valence-corrected chi connectivity index (χ2v) is 5.02. The van der Waals surface area contributed by atoms with Crippen molar-refractivity contribution in [3.05, 3.63) is 30.6 Å². The maximum absolute atomic E-state index is 12.3. The number of anilines is 1. The van der Waals surface area contributed by atoms with Gasteiger partial charge in [-0.15, -0.1) is 0 Å². The molecule has 0 aliphatic heterocycles. The van der Waals surface area contributed by atoms with Gasteiger partial charge in [0, 0.05) is 6.54 Å². The molecule has 0 radical (unpaired) electrons. The molecule has 0 saturated heterocycles. The Morgan fingerprint density at radius 2 is 1.84 bits per heavy atom. The van der Waals surface area contributed by atoms with Crippen LogP contribution in [-0.4, -0.2) is 39.8 Å². The molecule has 3 aromatic rings. The molecule has 2 aromatic heterocycles.